The lowest BCUT2D eigenvalue weighted by atomic mass is 10.0. The molecular weight excluding hydrogens is 299 g/mol. The number of pyridine rings is 1. The highest BCUT2D eigenvalue weighted by molar-refractivity contribution is 5.93. The molecule has 1 saturated heterocycles. The van der Waals surface area contributed by atoms with Gasteiger partial charge in [-0.1, -0.05) is 0 Å². The Morgan fingerprint density at radius 1 is 1.43 bits per heavy atom. The van der Waals surface area contributed by atoms with Gasteiger partial charge in [0.2, 0.25) is 5.88 Å². The Kier molecular flexibility index (Phi) is 4.27. The Morgan fingerprint density at radius 2 is 2.26 bits per heavy atom. The summed E-state index contributed by atoms with van der Waals surface area (Å²) < 4.78 is 19.0. The van der Waals surface area contributed by atoms with Gasteiger partial charge in [0, 0.05) is 24.2 Å². The number of hydrogen-bond donors (Lipinski definition) is 1. The Bertz CT molecular complexity index is 716. The lowest BCUT2D eigenvalue weighted by molar-refractivity contribution is 0.0629. The van der Waals surface area contributed by atoms with E-state index in [1.165, 1.54) is 13.2 Å². The number of nitrogens with one attached hydrogen (secondary N) is 1. The number of hydrogen-bond acceptors (Lipinski definition) is 4. The molecule has 2 aromatic rings. The number of aromatic nitrogens is 3. The summed E-state index contributed by atoms with van der Waals surface area (Å²) >= 11 is 0. The molecule has 3 rings (SSSR count). The second kappa shape index (κ2) is 6.36. The van der Waals surface area contributed by atoms with E-state index in [0.717, 1.165) is 32.0 Å². The summed E-state index contributed by atoms with van der Waals surface area (Å²) in [5.41, 5.74) is 0.971. The summed E-state index contributed by atoms with van der Waals surface area (Å²) in [6.45, 7) is 2.79. The Labute approximate surface area is 133 Å². The fraction of sp³-hybridized carbons (Fsp3) is 0.438. The van der Waals surface area contributed by atoms with Crippen molar-refractivity contribution >= 4 is 5.91 Å². The number of methoxy groups -OCH3 is 1. The number of rotatable bonds is 3. The minimum atomic E-state index is -0.511. The molecule has 2 aromatic heterocycles. The molecule has 0 aliphatic carbocycles. The van der Waals surface area contributed by atoms with Crippen molar-refractivity contribution in [2.75, 3.05) is 13.7 Å². The lowest BCUT2D eigenvalue weighted by Crippen LogP contribution is -2.42. The Balaban J connectivity index is 1.87. The van der Waals surface area contributed by atoms with Crippen LogP contribution in [-0.2, 0) is 0 Å². The van der Waals surface area contributed by atoms with Gasteiger partial charge < -0.3 is 9.64 Å². The Morgan fingerprint density at radius 3 is 3.00 bits per heavy atom. The number of carbonyl (C=O) groups excluding carboxylic acids is 1. The largest absolute Gasteiger partial charge is 0.481 e. The SMILES string of the molecule is COc1cc(-c2cc(C(=O)N3CCCCC3C)[nH]n2)c(F)cn1. The molecule has 122 valence electrons. The lowest BCUT2D eigenvalue weighted by Gasteiger charge is -2.32. The predicted octanol–water partition coefficient (Wildman–Crippen LogP) is 2.63. The van der Waals surface area contributed by atoms with Gasteiger partial charge in [-0.05, 0) is 32.3 Å². The highest BCUT2D eigenvalue weighted by atomic mass is 19.1. The third-order valence-electron chi connectivity index (χ3n) is 4.19. The van der Waals surface area contributed by atoms with Gasteiger partial charge in [0.05, 0.1) is 19.0 Å². The normalized spacial score (nSPS) is 18.0. The summed E-state index contributed by atoms with van der Waals surface area (Å²) in [6, 6.07) is 3.24. The molecule has 1 amide bonds. The second-order valence-electron chi connectivity index (χ2n) is 5.72. The van der Waals surface area contributed by atoms with Crippen LogP contribution in [0, 0.1) is 5.82 Å². The molecule has 3 heterocycles. The first-order valence-electron chi connectivity index (χ1n) is 7.66. The smallest absolute Gasteiger partial charge is 0.272 e. The molecule has 1 atom stereocenters. The highest BCUT2D eigenvalue weighted by Gasteiger charge is 2.26. The van der Waals surface area contributed by atoms with Crippen molar-refractivity contribution in [3.05, 3.63) is 29.8 Å². The van der Waals surface area contributed by atoms with E-state index in [2.05, 4.69) is 15.2 Å². The molecule has 1 fully saturated rings. The molecule has 0 bridgehead atoms. The minimum Gasteiger partial charge on any atom is -0.481 e. The van der Waals surface area contributed by atoms with E-state index in [1.54, 1.807) is 6.07 Å². The van der Waals surface area contributed by atoms with E-state index in [-0.39, 0.29) is 17.5 Å². The number of carbonyl (C=O) groups is 1. The van der Waals surface area contributed by atoms with Crippen molar-refractivity contribution in [2.45, 2.75) is 32.2 Å². The first-order chi connectivity index (χ1) is 11.1. The number of nitrogens with zero attached hydrogens (tertiary/aromatic N) is 3. The monoisotopic (exact) mass is 318 g/mol. The van der Waals surface area contributed by atoms with Gasteiger partial charge in [-0.3, -0.25) is 9.89 Å². The molecule has 1 N–H and O–H groups in total. The van der Waals surface area contributed by atoms with E-state index >= 15 is 0 Å². The van der Waals surface area contributed by atoms with Gasteiger partial charge >= 0.3 is 0 Å². The molecule has 0 spiro atoms. The van der Waals surface area contributed by atoms with Crippen LogP contribution in [0.3, 0.4) is 0 Å². The molecule has 6 nitrogen and oxygen atoms in total. The predicted molar refractivity (Wildman–Crippen MR) is 82.7 cm³/mol. The van der Waals surface area contributed by atoms with Gasteiger partial charge in [-0.25, -0.2) is 9.37 Å². The van der Waals surface area contributed by atoms with Gasteiger partial charge in [0.1, 0.15) is 5.69 Å². The minimum absolute atomic E-state index is 0.0996. The van der Waals surface area contributed by atoms with Gasteiger partial charge in [-0.15, -0.1) is 0 Å². The number of ether oxygens (including phenoxy) is 1. The maximum absolute atomic E-state index is 14.0. The molecule has 1 unspecified atom stereocenters. The summed E-state index contributed by atoms with van der Waals surface area (Å²) in [5, 5.41) is 6.79. The fourth-order valence-electron chi connectivity index (χ4n) is 2.85. The number of H-pyrrole nitrogens is 1. The third kappa shape index (κ3) is 3.04. The highest BCUT2D eigenvalue weighted by Crippen LogP contribution is 2.25. The average Bonchev–Trinajstić information content (AvgIpc) is 3.05. The molecule has 23 heavy (non-hydrogen) atoms. The van der Waals surface area contributed by atoms with Crippen LogP contribution in [0.4, 0.5) is 4.39 Å². The standard InChI is InChI=1S/C16H19FN4O2/c1-10-5-3-4-6-21(10)16(22)14-8-13(19-20-14)11-7-15(23-2)18-9-12(11)17/h7-10H,3-6H2,1-2H3,(H,19,20). The van der Waals surface area contributed by atoms with Crippen LogP contribution in [0.5, 0.6) is 5.88 Å². The van der Waals surface area contributed by atoms with Crippen molar-refractivity contribution in [3.63, 3.8) is 0 Å². The molecule has 0 aromatic carbocycles. The van der Waals surface area contributed by atoms with Crippen LogP contribution in [0.2, 0.25) is 0 Å². The summed E-state index contributed by atoms with van der Waals surface area (Å²) in [5.74, 6) is -0.318. The van der Waals surface area contributed by atoms with E-state index < -0.39 is 5.82 Å². The van der Waals surface area contributed by atoms with Crippen LogP contribution in [0.15, 0.2) is 18.3 Å². The number of halogens is 1. The maximum atomic E-state index is 14.0. The van der Waals surface area contributed by atoms with E-state index in [4.69, 9.17) is 4.74 Å². The topological polar surface area (TPSA) is 71.1 Å². The van der Waals surface area contributed by atoms with E-state index in [0.29, 0.717) is 17.3 Å². The fourth-order valence-corrected chi connectivity index (χ4v) is 2.85. The van der Waals surface area contributed by atoms with Crippen LogP contribution in [0.25, 0.3) is 11.3 Å². The number of amides is 1. The van der Waals surface area contributed by atoms with Crippen molar-refractivity contribution in [1.29, 1.82) is 0 Å². The Hall–Kier alpha value is -2.44. The number of piperidine rings is 1. The average molecular weight is 318 g/mol. The van der Waals surface area contributed by atoms with Crippen molar-refractivity contribution in [1.82, 2.24) is 20.1 Å². The first-order valence-corrected chi connectivity index (χ1v) is 7.66. The summed E-state index contributed by atoms with van der Waals surface area (Å²) in [7, 11) is 1.46. The first kappa shape index (κ1) is 15.5. The molecule has 1 aliphatic rings. The summed E-state index contributed by atoms with van der Waals surface area (Å²) in [4.78, 5) is 18.2. The zero-order valence-electron chi connectivity index (χ0n) is 13.2. The maximum Gasteiger partial charge on any atom is 0.272 e. The number of likely N-dealkylation sites (tertiary alicyclic amines) is 1. The van der Waals surface area contributed by atoms with Gasteiger partial charge in [0.15, 0.2) is 5.82 Å². The van der Waals surface area contributed by atoms with Gasteiger partial charge in [-0.2, -0.15) is 5.10 Å². The van der Waals surface area contributed by atoms with Crippen molar-refractivity contribution in [2.24, 2.45) is 0 Å². The molecule has 0 saturated carbocycles. The van der Waals surface area contributed by atoms with Crippen molar-refractivity contribution in [3.8, 4) is 17.1 Å². The molecule has 1 aliphatic heterocycles. The number of aromatic amines is 1. The zero-order valence-corrected chi connectivity index (χ0v) is 13.2. The van der Waals surface area contributed by atoms with Gasteiger partial charge in [0.25, 0.3) is 5.91 Å². The quantitative estimate of drug-likeness (QED) is 0.944. The molecular formula is C16H19FN4O2. The summed E-state index contributed by atoms with van der Waals surface area (Å²) in [6.07, 6.45) is 4.23. The van der Waals surface area contributed by atoms with E-state index in [1.807, 2.05) is 11.8 Å². The third-order valence-corrected chi connectivity index (χ3v) is 4.19. The van der Waals surface area contributed by atoms with Crippen molar-refractivity contribution < 1.29 is 13.9 Å². The second-order valence-corrected chi connectivity index (χ2v) is 5.72. The van der Waals surface area contributed by atoms with Crippen LogP contribution in [0.1, 0.15) is 36.7 Å². The van der Waals surface area contributed by atoms with E-state index in [9.17, 15) is 9.18 Å². The molecule has 7 heteroatoms. The van der Waals surface area contributed by atoms with Crippen LogP contribution >= 0.6 is 0 Å². The van der Waals surface area contributed by atoms with Crippen LogP contribution < -0.4 is 4.74 Å². The molecule has 0 radical (unpaired) electrons. The zero-order chi connectivity index (χ0) is 16.4. The van der Waals surface area contributed by atoms with Crippen LogP contribution in [-0.4, -0.2) is 45.7 Å².